The van der Waals surface area contributed by atoms with E-state index in [2.05, 4.69) is 20.6 Å². The van der Waals surface area contributed by atoms with E-state index in [1.165, 1.54) is 38.9 Å². The van der Waals surface area contributed by atoms with Crippen molar-refractivity contribution in [1.82, 2.24) is 14.8 Å². The van der Waals surface area contributed by atoms with Gasteiger partial charge in [-0.2, -0.15) is 5.10 Å². The first-order chi connectivity index (χ1) is 15.6. The van der Waals surface area contributed by atoms with Crippen molar-refractivity contribution in [3.8, 4) is 11.1 Å². The summed E-state index contributed by atoms with van der Waals surface area (Å²) < 4.78 is 6.72. The molecule has 0 amide bonds. The SMILES string of the molecule is COC(=O)/C=C/c1ccc(C[C@H](CC2CCCC2)n2cc(-c3ccccc3Cl)cn2)nc1. The summed E-state index contributed by atoms with van der Waals surface area (Å²) in [6.45, 7) is 0. The molecule has 0 saturated heterocycles. The average molecular weight is 450 g/mol. The molecule has 0 unspecified atom stereocenters. The molecule has 1 aliphatic rings. The number of hydrogen-bond donors (Lipinski definition) is 0. The molecule has 1 saturated carbocycles. The fourth-order valence-corrected chi connectivity index (χ4v) is 4.66. The van der Waals surface area contributed by atoms with Crippen LogP contribution in [0.5, 0.6) is 0 Å². The van der Waals surface area contributed by atoms with Crippen molar-refractivity contribution in [2.75, 3.05) is 7.11 Å². The summed E-state index contributed by atoms with van der Waals surface area (Å²) >= 11 is 6.40. The molecule has 6 heteroatoms. The molecule has 0 spiro atoms. The highest BCUT2D eigenvalue weighted by Gasteiger charge is 2.23. The van der Waals surface area contributed by atoms with Gasteiger partial charge in [0.2, 0.25) is 0 Å². The number of carbonyl (C=O) groups is 1. The number of pyridine rings is 1. The van der Waals surface area contributed by atoms with Crippen LogP contribution in [0, 0.1) is 5.92 Å². The van der Waals surface area contributed by atoms with Gasteiger partial charge in [-0.1, -0.05) is 61.5 Å². The third kappa shape index (κ3) is 5.65. The minimum absolute atomic E-state index is 0.235. The molecule has 1 fully saturated rings. The fourth-order valence-electron chi connectivity index (χ4n) is 4.42. The van der Waals surface area contributed by atoms with Gasteiger partial charge in [-0.3, -0.25) is 9.67 Å². The molecular formula is C26H28ClN3O2. The first-order valence-electron chi connectivity index (χ1n) is 11.1. The highest BCUT2D eigenvalue weighted by molar-refractivity contribution is 6.33. The Labute approximate surface area is 194 Å². The monoisotopic (exact) mass is 449 g/mol. The molecule has 5 nitrogen and oxygen atoms in total. The maximum Gasteiger partial charge on any atom is 0.330 e. The number of benzene rings is 1. The molecule has 1 atom stereocenters. The topological polar surface area (TPSA) is 57.0 Å². The number of ether oxygens (including phenoxy) is 1. The van der Waals surface area contributed by atoms with Crippen LogP contribution in [0.1, 0.15) is 49.4 Å². The Morgan fingerprint density at radius 3 is 2.75 bits per heavy atom. The van der Waals surface area contributed by atoms with E-state index in [1.54, 1.807) is 12.3 Å². The normalized spacial score (nSPS) is 15.3. The molecular weight excluding hydrogens is 422 g/mol. The Hall–Kier alpha value is -2.92. The lowest BCUT2D eigenvalue weighted by atomic mass is 9.95. The molecule has 0 aliphatic heterocycles. The molecule has 2 aromatic heterocycles. The van der Waals surface area contributed by atoms with Crippen molar-refractivity contribution in [1.29, 1.82) is 0 Å². The van der Waals surface area contributed by atoms with Gasteiger partial charge in [0, 0.05) is 46.7 Å². The summed E-state index contributed by atoms with van der Waals surface area (Å²) in [5.41, 5.74) is 3.91. The Kier molecular flexibility index (Phi) is 7.38. The minimum atomic E-state index is -0.376. The molecule has 0 bridgehead atoms. The molecule has 2 heterocycles. The first kappa shape index (κ1) is 22.3. The molecule has 4 rings (SSSR count). The van der Waals surface area contributed by atoms with E-state index in [0.717, 1.165) is 46.2 Å². The maximum atomic E-state index is 11.3. The van der Waals surface area contributed by atoms with Crippen molar-refractivity contribution in [3.63, 3.8) is 0 Å². The van der Waals surface area contributed by atoms with Gasteiger partial charge in [0.1, 0.15) is 0 Å². The van der Waals surface area contributed by atoms with Gasteiger partial charge < -0.3 is 4.74 Å². The molecule has 0 radical (unpaired) electrons. The Morgan fingerprint density at radius 1 is 1.22 bits per heavy atom. The van der Waals surface area contributed by atoms with Gasteiger partial charge >= 0.3 is 5.97 Å². The van der Waals surface area contributed by atoms with Crippen molar-refractivity contribution in [2.24, 2.45) is 5.92 Å². The second-order valence-electron chi connectivity index (χ2n) is 8.37. The van der Waals surface area contributed by atoms with E-state index in [9.17, 15) is 4.79 Å². The largest absolute Gasteiger partial charge is 0.466 e. The zero-order valence-electron chi connectivity index (χ0n) is 18.3. The van der Waals surface area contributed by atoms with Crippen LogP contribution < -0.4 is 0 Å². The van der Waals surface area contributed by atoms with E-state index in [0.29, 0.717) is 0 Å². The van der Waals surface area contributed by atoms with Gasteiger partial charge in [0.15, 0.2) is 0 Å². The Balaban J connectivity index is 1.53. The molecule has 1 aromatic carbocycles. The predicted octanol–water partition coefficient (Wildman–Crippen LogP) is 6.15. The highest BCUT2D eigenvalue weighted by Crippen LogP contribution is 2.34. The summed E-state index contributed by atoms with van der Waals surface area (Å²) in [6.07, 6.45) is 16.0. The third-order valence-corrected chi connectivity index (χ3v) is 6.48. The van der Waals surface area contributed by atoms with Crippen LogP contribution in [0.4, 0.5) is 0 Å². The van der Waals surface area contributed by atoms with E-state index in [-0.39, 0.29) is 12.0 Å². The van der Waals surface area contributed by atoms with Crippen LogP contribution in [-0.4, -0.2) is 27.8 Å². The average Bonchev–Trinajstić information content (AvgIpc) is 3.50. The quantitative estimate of drug-likeness (QED) is 0.305. The van der Waals surface area contributed by atoms with Crippen LogP contribution in [0.2, 0.25) is 5.02 Å². The number of rotatable bonds is 8. The van der Waals surface area contributed by atoms with E-state index >= 15 is 0 Å². The Morgan fingerprint density at radius 2 is 2.03 bits per heavy atom. The number of halogens is 1. The van der Waals surface area contributed by atoms with Gasteiger partial charge in [-0.05, 0) is 36.1 Å². The van der Waals surface area contributed by atoms with Crippen LogP contribution in [0.3, 0.4) is 0 Å². The maximum absolute atomic E-state index is 11.3. The number of aromatic nitrogens is 3. The summed E-state index contributed by atoms with van der Waals surface area (Å²) in [5, 5.41) is 5.45. The van der Waals surface area contributed by atoms with Crippen LogP contribution in [0.25, 0.3) is 17.2 Å². The molecule has 3 aromatic rings. The summed E-state index contributed by atoms with van der Waals surface area (Å²) in [6, 6.07) is 12.1. The summed E-state index contributed by atoms with van der Waals surface area (Å²) in [7, 11) is 1.37. The number of esters is 1. The second kappa shape index (κ2) is 10.6. The van der Waals surface area contributed by atoms with Crippen molar-refractivity contribution < 1.29 is 9.53 Å². The smallest absolute Gasteiger partial charge is 0.330 e. The zero-order valence-corrected chi connectivity index (χ0v) is 19.0. The van der Waals surface area contributed by atoms with Gasteiger partial charge in [-0.15, -0.1) is 0 Å². The van der Waals surface area contributed by atoms with Crippen LogP contribution >= 0.6 is 11.6 Å². The standard InChI is InChI=1S/C26H28ClN3O2/c1-32-26(31)13-11-20-10-12-22(28-16-20)15-23(14-19-6-2-3-7-19)30-18-21(17-29-30)24-8-4-5-9-25(24)27/h4-5,8-13,16-19,23H,2-3,6-7,14-15H2,1H3/b13-11+/t23-/m0/s1. The van der Waals surface area contributed by atoms with Gasteiger partial charge in [-0.25, -0.2) is 4.79 Å². The van der Waals surface area contributed by atoms with E-state index in [4.69, 9.17) is 16.7 Å². The van der Waals surface area contributed by atoms with Crippen molar-refractivity contribution in [3.05, 3.63) is 77.3 Å². The van der Waals surface area contributed by atoms with Crippen LogP contribution in [0.15, 0.2) is 61.1 Å². The number of hydrogen-bond acceptors (Lipinski definition) is 4. The zero-order chi connectivity index (χ0) is 22.3. The Bertz CT molecular complexity index is 1070. The highest BCUT2D eigenvalue weighted by atomic mass is 35.5. The molecule has 32 heavy (non-hydrogen) atoms. The molecule has 1 aliphatic carbocycles. The first-order valence-corrected chi connectivity index (χ1v) is 11.5. The third-order valence-electron chi connectivity index (χ3n) is 6.15. The lowest BCUT2D eigenvalue weighted by Gasteiger charge is -2.21. The molecule has 166 valence electrons. The van der Waals surface area contributed by atoms with Gasteiger partial charge in [0.25, 0.3) is 0 Å². The number of nitrogens with zero attached hydrogens (tertiary/aromatic N) is 3. The summed E-state index contributed by atoms with van der Waals surface area (Å²) in [4.78, 5) is 15.9. The van der Waals surface area contributed by atoms with E-state index < -0.39 is 0 Å². The molecule has 0 N–H and O–H groups in total. The van der Waals surface area contributed by atoms with Gasteiger partial charge in [0.05, 0.1) is 19.3 Å². The second-order valence-corrected chi connectivity index (χ2v) is 8.78. The fraction of sp³-hybridized carbons (Fsp3) is 0.346. The lowest BCUT2D eigenvalue weighted by Crippen LogP contribution is -2.16. The summed E-state index contributed by atoms with van der Waals surface area (Å²) in [5.74, 6) is 0.355. The van der Waals surface area contributed by atoms with Crippen molar-refractivity contribution in [2.45, 2.75) is 44.6 Å². The van der Waals surface area contributed by atoms with Crippen LogP contribution in [-0.2, 0) is 16.0 Å². The van der Waals surface area contributed by atoms with Crippen molar-refractivity contribution >= 4 is 23.6 Å². The predicted molar refractivity (Wildman–Crippen MR) is 127 cm³/mol. The van der Waals surface area contributed by atoms with E-state index in [1.807, 2.05) is 42.6 Å². The number of carbonyl (C=O) groups excluding carboxylic acids is 1. The number of methoxy groups -OCH3 is 1. The minimum Gasteiger partial charge on any atom is -0.466 e. The lowest BCUT2D eigenvalue weighted by molar-refractivity contribution is -0.134.